The van der Waals surface area contributed by atoms with Gasteiger partial charge in [0.25, 0.3) is 0 Å². The van der Waals surface area contributed by atoms with Crippen LogP contribution >= 0.6 is 0 Å². The third-order valence-electron chi connectivity index (χ3n) is 6.08. The van der Waals surface area contributed by atoms with Gasteiger partial charge < -0.3 is 9.47 Å². The van der Waals surface area contributed by atoms with E-state index in [-0.39, 0.29) is 0 Å². The van der Waals surface area contributed by atoms with Crippen molar-refractivity contribution in [3.8, 4) is 11.6 Å². The van der Waals surface area contributed by atoms with Crippen LogP contribution in [-0.2, 0) is 0 Å². The summed E-state index contributed by atoms with van der Waals surface area (Å²) in [6, 6.07) is 4.43. The molecule has 144 valence electrons. The number of aromatic nitrogens is 3. The maximum atomic E-state index is 11.2. The molecule has 2 aliphatic carbocycles. The van der Waals surface area contributed by atoms with Crippen molar-refractivity contribution in [2.75, 3.05) is 13.7 Å². The van der Waals surface area contributed by atoms with E-state index in [1.54, 1.807) is 12.3 Å². The highest BCUT2D eigenvalue weighted by atomic mass is 16.5. The van der Waals surface area contributed by atoms with E-state index >= 15 is 0 Å². The Hall–Kier alpha value is -2.37. The highest BCUT2D eigenvalue weighted by Gasteiger charge is 2.32. The normalized spacial score (nSPS) is 22.9. The predicted octanol–water partition coefficient (Wildman–Crippen LogP) is 4.18. The van der Waals surface area contributed by atoms with Crippen LogP contribution in [0.25, 0.3) is 0 Å². The van der Waals surface area contributed by atoms with Crippen molar-refractivity contribution in [2.24, 2.45) is 5.92 Å². The average Bonchev–Trinajstić information content (AvgIpc) is 3.13. The molecule has 2 fully saturated rings. The molecular formula is C21H27N3O3. The van der Waals surface area contributed by atoms with Crippen LogP contribution in [-0.4, -0.2) is 34.8 Å². The van der Waals surface area contributed by atoms with Gasteiger partial charge in [0.15, 0.2) is 6.29 Å². The molecule has 2 atom stereocenters. The van der Waals surface area contributed by atoms with E-state index < -0.39 is 0 Å². The molecule has 0 spiro atoms. The molecule has 0 N–H and O–H groups in total. The van der Waals surface area contributed by atoms with Gasteiger partial charge in [-0.15, -0.1) is 0 Å². The number of ether oxygens (including phenoxy) is 2. The van der Waals surface area contributed by atoms with Gasteiger partial charge in [-0.25, -0.2) is 4.98 Å². The fraction of sp³-hybridized carbons (Fsp3) is 0.571. The molecule has 6 heteroatoms. The van der Waals surface area contributed by atoms with E-state index in [9.17, 15) is 4.79 Å². The Kier molecular flexibility index (Phi) is 5.41. The molecule has 27 heavy (non-hydrogen) atoms. The second kappa shape index (κ2) is 8.11. The second-order valence-corrected chi connectivity index (χ2v) is 7.63. The highest BCUT2D eigenvalue weighted by Crippen LogP contribution is 2.41. The number of pyridine rings is 1. The molecule has 0 bridgehead atoms. The van der Waals surface area contributed by atoms with Gasteiger partial charge in [0.2, 0.25) is 5.88 Å². The van der Waals surface area contributed by atoms with Crippen LogP contribution < -0.4 is 9.47 Å². The quantitative estimate of drug-likeness (QED) is 0.685. The number of methoxy groups -OCH3 is 1. The Morgan fingerprint density at radius 2 is 2.07 bits per heavy atom. The molecular weight excluding hydrogens is 342 g/mol. The van der Waals surface area contributed by atoms with Crippen LogP contribution in [0.1, 0.15) is 73.0 Å². The van der Waals surface area contributed by atoms with Crippen molar-refractivity contribution in [3.63, 3.8) is 0 Å². The topological polar surface area (TPSA) is 66.2 Å². The first-order valence-electron chi connectivity index (χ1n) is 9.95. The van der Waals surface area contributed by atoms with Gasteiger partial charge in [-0.3, -0.25) is 9.48 Å². The Morgan fingerprint density at radius 3 is 2.81 bits per heavy atom. The van der Waals surface area contributed by atoms with Crippen molar-refractivity contribution in [1.29, 1.82) is 0 Å². The summed E-state index contributed by atoms with van der Waals surface area (Å²) in [5.41, 5.74) is 1.83. The van der Waals surface area contributed by atoms with E-state index in [1.807, 2.05) is 6.20 Å². The van der Waals surface area contributed by atoms with Crippen LogP contribution in [0.4, 0.5) is 0 Å². The van der Waals surface area contributed by atoms with Gasteiger partial charge in [0.1, 0.15) is 5.75 Å². The molecule has 2 saturated carbocycles. The summed E-state index contributed by atoms with van der Waals surface area (Å²) in [7, 11) is 1.53. The summed E-state index contributed by atoms with van der Waals surface area (Å²) in [5, 5.41) is 4.62. The largest absolute Gasteiger partial charge is 0.494 e. The Balaban J connectivity index is 1.47. The number of nitrogens with zero attached hydrogens (tertiary/aromatic N) is 3. The zero-order valence-corrected chi connectivity index (χ0v) is 15.8. The SMILES string of the molecule is COc1cnc(OCC2CCCCC2c2ccnn2C2CCC2)cc1C=O. The van der Waals surface area contributed by atoms with Gasteiger partial charge in [0.05, 0.1) is 31.5 Å². The van der Waals surface area contributed by atoms with Gasteiger partial charge >= 0.3 is 0 Å². The molecule has 0 amide bonds. The number of rotatable bonds is 7. The van der Waals surface area contributed by atoms with E-state index in [0.717, 1.165) is 12.7 Å². The summed E-state index contributed by atoms with van der Waals surface area (Å²) in [5.74, 6) is 1.87. The molecule has 0 saturated heterocycles. The lowest BCUT2D eigenvalue weighted by Crippen LogP contribution is -2.28. The highest BCUT2D eigenvalue weighted by molar-refractivity contribution is 5.79. The lowest BCUT2D eigenvalue weighted by atomic mass is 9.77. The van der Waals surface area contributed by atoms with Crippen LogP contribution in [0.5, 0.6) is 11.6 Å². The summed E-state index contributed by atoms with van der Waals surface area (Å²) in [4.78, 5) is 15.5. The van der Waals surface area contributed by atoms with Crippen LogP contribution in [0.15, 0.2) is 24.5 Å². The number of hydrogen-bond acceptors (Lipinski definition) is 5. The summed E-state index contributed by atoms with van der Waals surface area (Å²) in [6.07, 6.45) is 12.9. The molecule has 0 aromatic carbocycles. The molecule has 0 aliphatic heterocycles. The number of aldehydes is 1. The number of carbonyl (C=O) groups is 1. The van der Waals surface area contributed by atoms with Crippen LogP contribution in [0, 0.1) is 5.92 Å². The monoisotopic (exact) mass is 369 g/mol. The van der Waals surface area contributed by atoms with Gasteiger partial charge in [-0.05, 0) is 38.2 Å². The van der Waals surface area contributed by atoms with E-state index in [0.29, 0.717) is 41.7 Å². The summed E-state index contributed by atoms with van der Waals surface area (Å²) < 4.78 is 13.4. The first kappa shape index (κ1) is 18.0. The summed E-state index contributed by atoms with van der Waals surface area (Å²) >= 11 is 0. The molecule has 4 rings (SSSR count). The molecule has 6 nitrogen and oxygen atoms in total. The van der Waals surface area contributed by atoms with Crippen molar-refractivity contribution in [1.82, 2.24) is 14.8 Å². The third-order valence-corrected chi connectivity index (χ3v) is 6.08. The van der Waals surface area contributed by atoms with E-state index in [2.05, 4.69) is 20.8 Å². The molecule has 2 unspecified atom stereocenters. The predicted molar refractivity (Wildman–Crippen MR) is 101 cm³/mol. The number of carbonyl (C=O) groups excluding carboxylic acids is 1. The minimum Gasteiger partial charge on any atom is -0.494 e. The van der Waals surface area contributed by atoms with Gasteiger partial charge in [-0.1, -0.05) is 12.8 Å². The van der Waals surface area contributed by atoms with Crippen molar-refractivity contribution < 1.29 is 14.3 Å². The molecule has 2 aliphatic rings. The molecule has 2 heterocycles. The molecule has 0 radical (unpaired) electrons. The van der Waals surface area contributed by atoms with E-state index in [4.69, 9.17) is 9.47 Å². The number of hydrogen-bond donors (Lipinski definition) is 0. The van der Waals surface area contributed by atoms with E-state index in [1.165, 1.54) is 51.3 Å². The molecule has 2 aromatic rings. The van der Waals surface area contributed by atoms with Crippen molar-refractivity contribution in [2.45, 2.75) is 56.9 Å². The van der Waals surface area contributed by atoms with Crippen LogP contribution in [0.3, 0.4) is 0 Å². The Bertz CT molecular complexity index is 785. The maximum Gasteiger partial charge on any atom is 0.214 e. The first-order chi connectivity index (χ1) is 13.3. The third kappa shape index (κ3) is 3.70. The maximum absolute atomic E-state index is 11.2. The van der Waals surface area contributed by atoms with Gasteiger partial charge in [-0.2, -0.15) is 5.10 Å². The Morgan fingerprint density at radius 1 is 1.22 bits per heavy atom. The standard InChI is InChI=1S/C21H27N3O3/c1-26-20-12-22-21(11-16(20)13-25)27-14-15-5-2-3-8-18(15)19-9-10-23-24(19)17-6-4-7-17/h9-13,15,17-18H,2-8,14H2,1H3. The van der Waals surface area contributed by atoms with Gasteiger partial charge in [0, 0.05) is 29.8 Å². The smallest absolute Gasteiger partial charge is 0.214 e. The molecule has 2 aromatic heterocycles. The minimum atomic E-state index is 0.442. The fourth-order valence-electron chi connectivity index (χ4n) is 4.32. The average molecular weight is 369 g/mol. The fourth-order valence-corrected chi connectivity index (χ4v) is 4.32. The van der Waals surface area contributed by atoms with Crippen molar-refractivity contribution >= 4 is 6.29 Å². The second-order valence-electron chi connectivity index (χ2n) is 7.63. The summed E-state index contributed by atoms with van der Waals surface area (Å²) in [6.45, 7) is 0.609. The van der Waals surface area contributed by atoms with Crippen LogP contribution in [0.2, 0.25) is 0 Å². The minimum absolute atomic E-state index is 0.442. The Labute approximate surface area is 159 Å². The zero-order valence-electron chi connectivity index (χ0n) is 15.8. The lowest BCUT2D eigenvalue weighted by molar-refractivity contribution is 0.111. The van der Waals surface area contributed by atoms with Crippen molar-refractivity contribution in [3.05, 3.63) is 35.8 Å². The first-order valence-corrected chi connectivity index (χ1v) is 9.95. The zero-order chi connectivity index (χ0) is 18.6. The lowest BCUT2D eigenvalue weighted by Gasteiger charge is -2.35.